The van der Waals surface area contributed by atoms with E-state index in [-0.39, 0.29) is 11.4 Å². The molecular weight excluding hydrogens is 374 g/mol. The van der Waals surface area contributed by atoms with Crippen LogP contribution in [0.5, 0.6) is 0 Å². The fourth-order valence-corrected chi connectivity index (χ4v) is 3.72. The number of benzene rings is 2. The first-order valence-electron chi connectivity index (χ1n) is 10.3. The van der Waals surface area contributed by atoms with Gasteiger partial charge < -0.3 is 5.32 Å². The van der Waals surface area contributed by atoms with Crippen LogP contribution in [0.25, 0.3) is 16.7 Å². The van der Waals surface area contributed by atoms with Gasteiger partial charge in [-0.2, -0.15) is 5.10 Å². The highest BCUT2D eigenvalue weighted by Gasteiger charge is 2.31. The van der Waals surface area contributed by atoms with Crippen molar-refractivity contribution in [2.45, 2.75) is 45.1 Å². The molecule has 1 N–H and O–H groups in total. The van der Waals surface area contributed by atoms with Gasteiger partial charge in [0.25, 0.3) is 5.91 Å². The van der Waals surface area contributed by atoms with Crippen LogP contribution >= 0.6 is 0 Å². The summed E-state index contributed by atoms with van der Waals surface area (Å²) in [6.07, 6.45) is 4.14. The average Bonchev–Trinajstić information content (AvgIpc) is 3.31. The molecule has 0 radical (unpaired) electrons. The van der Waals surface area contributed by atoms with Gasteiger partial charge in [-0.3, -0.25) is 14.0 Å². The molecule has 0 atom stereocenters. The Morgan fingerprint density at radius 1 is 1.07 bits per heavy atom. The molecule has 0 spiro atoms. The molecule has 0 aliphatic heterocycles. The van der Waals surface area contributed by atoms with E-state index in [4.69, 9.17) is 5.10 Å². The number of aromatic nitrogens is 4. The monoisotopic (exact) mass is 399 g/mol. The van der Waals surface area contributed by atoms with Gasteiger partial charge in [0.15, 0.2) is 0 Å². The first kappa shape index (κ1) is 18.6. The van der Waals surface area contributed by atoms with Crippen LogP contribution in [0.15, 0.2) is 60.9 Å². The number of amides is 1. The predicted octanol–water partition coefficient (Wildman–Crippen LogP) is 5.11. The summed E-state index contributed by atoms with van der Waals surface area (Å²) in [5, 5.41) is 7.76. The van der Waals surface area contributed by atoms with Crippen molar-refractivity contribution in [3.8, 4) is 5.69 Å². The van der Waals surface area contributed by atoms with Crippen LogP contribution in [0.1, 0.15) is 55.7 Å². The minimum Gasteiger partial charge on any atom is -0.321 e. The van der Waals surface area contributed by atoms with Crippen molar-refractivity contribution < 1.29 is 4.79 Å². The maximum Gasteiger partial charge on any atom is 0.273 e. The number of hydrogen-bond donors (Lipinski definition) is 1. The minimum absolute atomic E-state index is 0.134. The second kappa shape index (κ2) is 6.83. The summed E-state index contributed by atoms with van der Waals surface area (Å²) < 4.78 is 3.89. The Bertz CT molecular complexity index is 1220. The number of rotatable bonds is 4. The molecule has 6 heteroatoms. The zero-order chi connectivity index (χ0) is 20.9. The molecule has 0 unspecified atom stereocenters. The minimum atomic E-state index is -0.258. The Balaban J connectivity index is 1.39. The fraction of sp³-hybridized carbons (Fsp3) is 0.292. The lowest BCUT2D eigenvalue weighted by molar-refractivity contribution is 0.100. The van der Waals surface area contributed by atoms with Gasteiger partial charge in [-0.15, -0.1) is 0 Å². The highest BCUT2D eigenvalue weighted by atomic mass is 16.2. The number of hydrogen-bond acceptors (Lipinski definition) is 3. The summed E-state index contributed by atoms with van der Waals surface area (Å²) in [5.41, 5.74) is 5.13. The zero-order valence-corrected chi connectivity index (χ0v) is 17.5. The normalized spacial score (nSPS) is 14.2. The van der Waals surface area contributed by atoms with Gasteiger partial charge in [0.05, 0.1) is 22.3 Å². The molecule has 2 heterocycles. The number of carbonyl (C=O) groups excluding carboxylic acids is 1. The van der Waals surface area contributed by atoms with Crippen molar-refractivity contribution in [2.24, 2.45) is 0 Å². The molecule has 2 aromatic heterocycles. The van der Waals surface area contributed by atoms with E-state index in [1.807, 2.05) is 70.2 Å². The molecule has 1 saturated carbocycles. The molecule has 30 heavy (non-hydrogen) atoms. The summed E-state index contributed by atoms with van der Waals surface area (Å²) in [6.45, 7) is 6.20. The summed E-state index contributed by atoms with van der Waals surface area (Å²) in [7, 11) is 0. The third kappa shape index (κ3) is 3.38. The summed E-state index contributed by atoms with van der Waals surface area (Å²) in [4.78, 5) is 17.5. The fourth-order valence-electron chi connectivity index (χ4n) is 3.72. The van der Waals surface area contributed by atoms with Crippen molar-refractivity contribution in [3.05, 3.63) is 72.3 Å². The van der Waals surface area contributed by atoms with Gasteiger partial charge >= 0.3 is 0 Å². The third-order valence-corrected chi connectivity index (χ3v) is 5.45. The molecule has 1 amide bonds. The molecule has 4 aromatic rings. The Morgan fingerprint density at radius 3 is 2.50 bits per heavy atom. The lowest BCUT2D eigenvalue weighted by Gasteiger charge is -2.22. The van der Waals surface area contributed by atoms with Crippen LogP contribution in [-0.2, 0) is 5.54 Å². The first-order chi connectivity index (χ1) is 14.4. The molecule has 1 aliphatic carbocycles. The van der Waals surface area contributed by atoms with Crippen molar-refractivity contribution in [2.75, 3.05) is 5.32 Å². The molecule has 2 aromatic carbocycles. The van der Waals surface area contributed by atoms with E-state index < -0.39 is 0 Å². The molecule has 6 nitrogen and oxygen atoms in total. The largest absolute Gasteiger partial charge is 0.321 e. The van der Waals surface area contributed by atoms with E-state index in [0.717, 1.165) is 40.9 Å². The highest BCUT2D eigenvalue weighted by Crippen LogP contribution is 2.40. The van der Waals surface area contributed by atoms with Crippen LogP contribution in [0.4, 0.5) is 5.69 Å². The number of para-hydroxylation sites is 2. The standard InChI is InChI=1S/C24H25N5O/c1-24(2,3)29-22(14-20(27-29)16-8-9-16)23(30)26-17-10-12-18(13-11-17)28-15-25-19-6-4-5-7-21(19)28/h4-7,10-16H,8-9H2,1-3H3,(H,26,30). The SMILES string of the molecule is CC(C)(C)n1nc(C2CC2)cc1C(=O)Nc1ccc(-n2cnc3ccccc32)cc1. The zero-order valence-electron chi connectivity index (χ0n) is 17.5. The summed E-state index contributed by atoms with van der Waals surface area (Å²) >= 11 is 0. The number of fused-ring (bicyclic) bond motifs is 1. The molecule has 152 valence electrons. The maximum absolute atomic E-state index is 13.0. The molecule has 0 saturated heterocycles. The molecule has 5 rings (SSSR count). The van der Waals surface area contributed by atoms with E-state index in [2.05, 4.69) is 31.1 Å². The number of anilines is 1. The van der Waals surface area contributed by atoms with Crippen LogP contribution < -0.4 is 5.32 Å². The van der Waals surface area contributed by atoms with Crippen molar-refractivity contribution in [1.29, 1.82) is 0 Å². The molecular formula is C24H25N5O. The lowest BCUT2D eigenvalue weighted by atomic mass is 10.1. The van der Waals surface area contributed by atoms with Crippen LogP contribution in [0, 0.1) is 0 Å². The van der Waals surface area contributed by atoms with Crippen molar-refractivity contribution in [1.82, 2.24) is 19.3 Å². The highest BCUT2D eigenvalue weighted by molar-refractivity contribution is 6.03. The summed E-state index contributed by atoms with van der Waals surface area (Å²) in [5.74, 6) is 0.370. The Kier molecular flexibility index (Phi) is 4.24. The number of imidazole rings is 1. The number of carbonyl (C=O) groups is 1. The van der Waals surface area contributed by atoms with Crippen molar-refractivity contribution >= 4 is 22.6 Å². The molecule has 1 fully saturated rings. The van der Waals surface area contributed by atoms with Crippen molar-refractivity contribution in [3.63, 3.8) is 0 Å². The number of nitrogens with zero attached hydrogens (tertiary/aromatic N) is 4. The van der Waals surface area contributed by atoms with Gasteiger partial charge in [0.2, 0.25) is 0 Å². The van der Waals surface area contributed by atoms with E-state index in [9.17, 15) is 4.79 Å². The Labute approximate surface area is 175 Å². The average molecular weight is 399 g/mol. The Morgan fingerprint density at radius 2 is 1.80 bits per heavy atom. The molecule has 0 bridgehead atoms. The second-order valence-corrected chi connectivity index (χ2v) is 8.92. The van der Waals surface area contributed by atoms with Gasteiger partial charge in [0.1, 0.15) is 12.0 Å². The van der Waals surface area contributed by atoms with E-state index in [0.29, 0.717) is 11.6 Å². The molecule has 1 aliphatic rings. The van der Waals surface area contributed by atoms with Gasteiger partial charge in [0, 0.05) is 17.3 Å². The van der Waals surface area contributed by atoms with Crippen LogP contribution in [0.3, 0.4) is 0 Å². The van der Waals surface area contributed by atoms with E-state index in [1.54, 1.807) is 0 Å². The lowest BCUT2D eigenvalue weighted by Crippen LogP contribution is -2.29. The third-order valence-electron chi connectivity index (χ3n) is 5.45. The van der Waals surface area contributed by atoms with Gasteiger partial charge in [-0.05, 0) is 76.1 Å². The van der Waals surface area contributed by atoms with Crippen LogP contribution in [0.2, 0.25) is 0 Å². The number of nitrogens with one attached hydrogen (secondary N) is 1. The van der Waals surface area contributed by atoms with E-state index in [1.165, 1.54) is 0 Å². The smallest absolute Gasteiger partial charge is 0.273 e. The maximum atomic E-state index is 13.0. The predicted molar refractivity (Wildman–Crippen MR) is 118 cm³/mol. The quantitative estimate of drug-likeness (QED) is 0.519. The van der Waals surface area contributed by atoms with E-state index >= 15 is 0 Å². The Hall–Kier alpha value is -3.41. The summed E-state index contributed by atoms with van der Waals surface area (Å²) in [6, 6.07) is 17.8. The van der Waals surface area contributed by atoms with Gasteiger partial charge in [-0.25, -0.2) is 4.98 Å². The first-order valence-corrected chi connectivity index (χ1v) is 10.3. The topological polar surface area (TPSA) is 64.7 Å². The van der Waals surface area contributed by atoms with Crippen LogP contribution in [-0.4, -0.2) is 25.2 Å². The second-order valence-electron chi connectivity index (χ2n) is 8.92. The van der Waals surface area contributed by atoms with Gasteiger partial charge in [-0.1, -0.05) is 12.1 Å².